The van der Waals surface area contributed by atoms with E-state index in [0.717, 1.165) is 27.2 Å². The summed E-state index contributed by atoms with van der Waals surface area (Å²) in [5.41, 5.74) is 2.46. The molecule has 0 radical (unpaired) electrons. The van der Waals surface area contributed by atoms with Gasteiger partial charge < -0.3 is 10.1 Å². The van der Waals surface area contributed by atoms with Crippen molar-refractivity contribution in [1.29, 1.82) is 0 Å². The quantitative estimate of drug-likeness (QED) is 0.258. The number of rotatable bonds is 8. The van der Waals surface area contributed by atoms with Crippen LogP contribution in [0.3, 0.4) is 0 Å². The van der Waals surface area contributed by atoms with Crippen molar-refractivity contribution >= 4 is 50.9 Å². The van der Waals surface area contributed by atoms with E-state index in [1.165, 1.54) is 11.8 Å². The predicted molar refractivity (Wildman–Crippen MR) is 136 cm³/mol. The lowest BCUT2D eigenvalue weighted by atomic mass is 10.2. The number of carbonyl (C=O) groups excluding carboxylic acids is 1. The van der Waals surface area contributed by atoms with Gasteiger partial charge in [0.25, 0.3) is 0 Å². The second-order valence-corrected chi connectivity index (χ2v) is 9.22. The van der Waals surface area contributed by atoms with Crippen molar-refractivity contribution in [3.8, 4) is 22.8 Å². The molecule has 1 heterocycles. The summed E-state index contributed by atoms with van der Waals surface area (Å²) < 4.78 is 8.39. The zero-order valence-electron chi connectivity index (χ0n) is 17.7. The summed E-state index contributed by atoms with van der Waals surface area (Å²) >= 11 is 10.8. The number of hydrogen-bond acceptors (Lipinski definition) is 5. The van der Waals surface area contributed by atoms with E-state index in [4.69, 9.17) is 16.3 Å². The summed E-state index contributed by atoms with van der Waals surface area (Å²) in [4.78, 5) is 12.5. The fraction of sp³-hybridized carbons (Fsp3) is 0.125. The molecule has 0 aliphatic carbocycles. The highest BCUT2D eigenvalue weighted by Gasteiger charge is 2.17. The summed E-state index contributed by atoms with van der Waals surface area (Å²) in [6.07, 6.45) is 0. The van der Waals surface area contributed by atoms with E-state index >= 15 is 0 Å². The minimum absolute atomic E-state index is 0.132. The summed E-state index contributed by atoms with van der Waals surface area (Å²) in [6.45, 7) is 2.54. The molecule has 3 aromatic carbocycles. The van der Waals surface area contributed by atoms with E-state index in [2.05, 4.69) is 31.4 Å². The van der Waals surface area contributed by atoms with Gasteiger partial charge in [0.15, 0.2) is 11.0 Å². The lowest BCUT2D eigenvalue weighted by molar-refractivity contribution is -0.113. The molecular formula is C24H20BrClN4O2S. The number of thioether (sulfide) groups is 1. The van der Waals surface area contributed by atoms with Crippen molar-refractivity contribution in [3.63, 3.8) is 0 Å². The van der Waals surface area contributed by atoms with E-state index in [1.807, 2.05) is 84.3 Å². The third-order valence-electron chi connectivity index (χ3n) is 4.58. The van der Waals surface area contributed by atoms with Crippen LogP contribution in [-0.4, -0.2) is 33.0 Å². The molecule has 0 aliphatic heterocycles. The van der Waals surface area contributed by atoms with Crippen molar-refractivity contribution < 1.29 is 9.53 Å². The van der Waals surface area contributed by atoms with E-state index < -0.39 is 0 Å². The van der Waals surface area contributed by atoms with Gasteiger partial charge in [0.2, 0.25) is 5.91 Å². The Hall–Kier alpha value is -2.81. The number of ether oxygens (including phenoxy) is 1. The average molecular weight is 544 g/mol. The maximum Gasteiger partial charge on any atom is 0.234 e. The van der Waals surface area contributed by atoms with Gasteiger partial charge in [0, 0.05) is 26.4 Å². The number of halogens is 2. The fourth-order valence-electron chi connectivity index (χ4n) is 3.13. The number of hydrogen-bond donors (Lipinski definition) is 1. The van der Waals surface area contributed by atoms with Crippen molar-refractivity contribution in [1.82, 2.24) is 14.8 Å². The Bertz CT molecular complexity index is 1250. The van der Waals surface area contributed by atoms with E-state index in [-0.39, 0.29) is 11.7 Å². The molecule has 4 aromatic rings. The van der Waals surface area contributed by atoms with Crippen LogP contribution in [0.15, 0.2) is 82.4 Å². The molecule has 0 spiro atoms. The molecule has 9 heteroatoms. The van der Waals surface area contributed by atoms with Crippen LogP contribution in [0.25, 0.3) is 17.1 Å². The van der Waals surface area contributed by atoms with Gasteiger partial charge in [-0.2, -0.15) is 0 Å². The second-order valence-electron chi connectivity index (χ2n) is 6.92. The minimum atomic E-state index is -0.132. The Morgan fingerprint density at radius 3 is 2.55 bits per heavy atom. The second kappa shape index (κ2) is 10.9. The number of amides is 1. The van der Waals surface area contributed by atoms with Crippen LogP contribution in [0.4, 0.5) is 5.69 Å². The van der Waals surface area contributed by atoms with Gasteiger partial charge in [0.1, 0.15) is 5.75 Å². The molecule has 0 unspecified atom stereocenters. The highest BCUT2D eigenvalue weighted by molar-refractivity contribution is 9.10. The largest absolute Gasteiger partial charge is 0.494 e. The molecule has 0 saturated heterocycles. The van der Waals surface area contributed by atoms with Crippen LogP contribution in [0, 0.1) is 0 Å². The number of anilines is 1. The summed E-state index contributed by atoms with van der Waals surface area (Å²) in [6, 6.07) is 22.6. The number of nitrogens with one attached hydrogen (secondary N) is 1. The van der Waals surface area contributed by atoms with Crippen molar-refractivity contribution in [3.05, 3.63) is 82.3 Å². The summed E-state index contributed by atoms with van der Waals surface area (Å²) in [5, 5.41) is 12.9. The zero-order chi connectivity index (χ0) is 23.2. The first-order valence-electron chi connectivity index (χ1n) is 10.2. The van der Waals surface area contributed by atoms with Gasteiger partial charge in [-0.15, -0.1) is 10.2 Å². The molecule has 0 saturated carbocycles. The fourth-order valence-corrected chi connectivity index (χ4v) is 4.41. The summed E-state index contributed by atoms with van der Waals surface area (Å²) in [5.74, 6) is 1.49. The lowest BCUT2D eigenvalue weighted by Gasteiger charge is -2.12. The maximum absolute atomic E-state index is 12.5. The van der Waals surface area contributed by atoms with Crippen LogP contribution in [0.1, 0.15) is 6.92 Å². The van der Waals surface area contributed by atoms with Gasteiger partial charge in [0.05, 0.1) is 12.4 Å². The molecule has 0 aliphatic rings. The standard InChI is InChI=1S/C24H20BrClN4O2S/c1-2-32-21-12-10-20(11-13-21)30-23(16-6-8-18(26)9-7-16)28-29-24(30)33-15-22(31)27-19-5-3-4-17(25)14-19/h3-14H,2,15H2,1H3,(H,27,31). The van der Waals surface area contributed by atoms with Crippen molar-refractivity contribution in [2.45, 2.75) is 12.1 Å². The van der Waals surface area contributed by atoms with Gasteiger partial charge in [-0.3, -0.25) is 9.36 Å². The topological polar surface area (TPSA) is 69.0 Å². The maximum atomic E-state index is 12.5. The molecule has 1 amide bonds. The molecule has 1 aromatic heterocycles. The first-order chi connectivity index (χ1) is 16.0. The summed E-state index contributed by atoms with van der Waals surface area (Å²) in [7, 11) is 0. The van der Waals surface area contributed by atoms with Crippen LogP contribution >= 0.6 is 39.3 Å². The Balaban J connectivity index is 1.60. The number of carbonyl (C=O) groups is 1. The predicted octanol–water partition coefficient (Wildman–Crippen LogP) is 6.48. The van der Waals surface area contributed by atoms with Gasteiger partial charge in [-0.1, -0.05) is 45.4 Å². The van der Waals surface area contributed by atoms with Crippen molar-refractivity contribution in [2.24, 2.45) is 0 Å². The Labute approximate surface area is 209 Å². The SMILES string of the molecule is CCOc1ccc(-n2c(SCC(=O)Nc3cccc(Br)c3)nnc2-c2ccc(Cl)cc2)cc1. The lowest BCUT2D eigenvalue weighted by Crippen LogP contribution is -2.14. The Kier molecular flexibility index (Phi) is 7.69. The molecule has 0 bridgehead atoms. The molecule has 168 valence electrons. The molecular weight excluding hydrogens is 524 g/mol. The van der Waals surface area contributed by atoms with Gasteiger partial charge >= 0.3 is 0 Å². The van der Waals surface area contributed by atoms with Gasteiger partial charge in [-0.05, 0) is 73.7 Å². The van der Waals surface area contributed by atoms with Crippen LogP contribution in [0.5, 0.6) is 5.75 Å². The molecule has 6 nitrogen and oxygen atoms in total. The van der Waals surface area contributed by atoms with E-state index in [0.29, 0.717) is 22.6 Å². The number of nitrogens with zero attached hydrogens (tertiary/aromatic N) is 3. The Morgan fingerprint density at radius 2 is 1.85 bits per heavy atom. The van der Waals surface area contributed by atoms with Crippen LogP contribution < -0.4 is 10.1 Å². The highest BCUT2D eigenvalue weighted by Crippen LogP contribution is 2.30. The zero-order valence-corrected chi connectivity index (χ0v) is 20.8. The Morgan fingerprint density at radius 1 is 1.09 bits per heavy atom. The van der Waals surface area contributed by atoms with E-state index in [9.17, 15) is 4.79 Å². The van der Waals surface area contributed by atoms with Crippen molar-refractivity contribution in [2.75, 3.05) is 17.7 Å². The van der Waals surface area contributed by atoms with Gasteiger partial charge in [-0.25, -0.2) is 0 Å². The smallest absolute Gasteiger partial charge is 0.234 e. The minimum Gasteiger partial charge on any atom is -0.494 e. The van der Waals surface area contributed by atoms with Crippen LogP contribution in [0.2, 0.25) is 5.02 Å². The van der Waals surface area contributed by atoms with Crippen LogP contribution in [-0.2, 0) is 4.79 Å². The number of aromatic nitrogens is 3. The number of benzene rings is 3. The molecule has 33 heavy (non-hydrogen) atoms. The monoisotopic (exact) mass is 542 g/mol. The van der Waals surface area contributed by atoms with E-state index in [1.54, 1.807) is 0 Å². The normalized spacial score (nSPS) is 10.8. The first kappa shape index (κ1) is 23.4. The average Bonchev–Trinajstić information content (AvgIpc) is 3.23. The third kappa shape index (κ3) is 5.96. The third-order valence-corrected chi connectivity index (χ3v) is 6.26. The first-order valence-corrected chi connectivity index (χ1v) is 12.3. The molecule has 0 atom stereocenters. The molecule has 4 rings (SSSR count). The molecule has 1 N–H and O–H groups in total. The molecule has 0 fully saturated rings. The highest BCUT2D eigenvalue weighted by atomic mass is 79.9.